The van der Waals surface area contributed by atoms with Crippen LogP contribution in [0.1, 0.15) is 36.1 Å². The molecule has 1 aromatic heterocycles. The first kappa shape index (κ1) is 36.6. The molecular weight excluding hydrogens is 644 g/mol. The average Bonchev–Trinajstić information content (AvgIpc) is 3.70. The van der Waals surface area contributed by atoms with Crippen LogP contribution < -0.4 is 5.32 Å². The zero-order chi connectivity index (χ0) is 35.8. The van der Waals surface area contributed by atoms with Gasteiger partial charge in [-0.3, -0.25) is 0 Å². The summed E-state index contributed by atoms with van der Waals surface area (Å²) in [5, 5.41) is 2.91. The Hall–Kier alpha value is -5.67. The van der Waals surface area contributed by atoms with Crippen LogP contribution >= 0.6 is 0 Å². The van der Waals surface area contributed by atoms with E-state index in [0.29, 0.717) is 6.54 Å². The molecule has 0 aliphatic carbocycles. The van der Waals surface area contributed by atoms with Crippen LogP contribution in [0.2, 0.25) is 0 Å². The molecular formula is C42H44N2O7. The third-order valence-electron chi connectivity index (χ3n) is 8.09. The van der Waals surface area contributed by atoms with E-state index in [1.807, 2.05) is 135 Å². The number of benzene rings is 4. The number of urea groups is 1. The minimum Gasteiger partial charge on any atom is -0.472 e. The first-order valence-electron chi connectivity index (χ1n) is 17.1. The van der Waals surface area contributed by atoms with E-state index in [2.05, 4.69) is 5.32 Å². The first-order chi connectivity index (χ1) is 24.8. The van der Waals surface area contributed by atoms with Crippen molar-refractivity contribution >= 4 is 18.0 Å². The highest BCUT2D eigenvalue weighted by Crippen LogP contribution is 2.21. The summed E-state index contributed by atoms with van der Waals surface area (Å²) in [6, 6.07) is 36.3. The lowest BCUT2D eigenvalue weighted by molar-refractivity contribution is -0.160. The molecule has 1 unspecified atom stereocenters. The zero-order valence-electron chi connectivity index (χ0n) is 29.0. The number of hydrogen-bond donors (Lipinski definition) is 1. The normalized spacial score (nSPS) is 12.1. The van der Waals surface area contributed by atoms with Gasteiger partial charge in [-0.1, -0.05) is 129 Å². The van der Waals surface area contributed by atoms with E-state index in [9.17, 15) is 14.4 Å². The molecule has 0 bridgehead atoms. The molecule has 0 aliphatic rings. The van der Waals surface area contributed by atoms with Crippen LogP contribution in [0.3, 0.4) is 0 Å². The van der Waals surface area contributed by atoms with E-state index in [1.165, 1.54) is 4.90 Å². The van der Waals surface area contributed by atoms with Gasteiger partial charge in [-0.25, -0.2) is 14.4 Å². The Morgan fingerprint density at radius 1 is 0.627 bits per heavy atom. The summed E-state index contributed by atoms with van der Waals surface area (Å²) < 4.78 is 22.7. The predicted molar refractivity (Wildman–Crippen MR) is 194 cm³/mol. The lowest BCUT2D eigenvalue weighted by Crippen LogP contribution is -2.53. The van der Waals surface area contributed by atoms with Gasteiger partial charge in [0.25, 0.3) is 0 Å². The highest BCUT2D eigenvalue weighted by atomic mass is 16.6. The fourth-order valence-electron chi connectivity index (χ4n) is 5.43. The van der Waals surface area contributed by atoms with Crippen molar-refractivity contribution in [1.29, 1.82) is 0 Å². The van der Waals surface area contributed by atoms with Crippen molar-refractivity contribution in [2.24, 2.45) is 5.92 Å². The number of amides is 2. The van der Waals surface area contributed by atoms with E-state index in [-0.39, 0.29) is 38.7 Å². The molecule has 0 radical (unpaired) electrons. The van der Waals surface area contributed by atoms with Crippen LogP contribution in [0.4, 0.5) is 4.79 Å². The summed E-state index contributed by atoms with van der Waals surface area (Å²) in [6.07, 6.45) is 2.38. The van der Waals surface area contributed by atoms with Gasteiger partial charge in [-0.05, 0) is 39.8 Å². The number of rotatable bonds is 17. The quantitative estimate of drug-likeness (QED) is 0.100. The van der Waals surface area contributed by atoms with Crippen LogP contribution in [-0.4, -0.2) is 48.1 Å². The maximum Gasteiger partial charge on any atom is 0.337 e. The van der Waals surface area contributed by atoms with Crippen molar-refractivity contribution in [2.45, 2.75) is 52.2 Å². The highest BCUT2D eigenvalue weighted by molar-refractivity contribution is 5.84. The topological polar surface area (TPSA) is 107 Å². The van der Waals surface area contributed by atoms with Crippen molar-refractivity contribution in [3.05, 3.63) is 156 Å². The van der Waals surface area contributed by atoms with Crippen LogP contribution in [0.5, 0.6) is 0 Å². The molecule has 4 aromatic carbocycles. The van der Waals surface area contributed by atoms with Crippen LogP contribution in [0.25, 0.3) is 11.1 Å². The Morgan fingerprint density at radius 3 is 1.71 bits per heavy atom. The van der Waals surface area contributed by atoms with E-state index in [4.69, 9.17) is 18.6 Å². The lowest BCUT2D eigenvalue weighted by atomic mass is 10.0. The lowest BCUT2D eigenvalue weighted by Gasteiger charge is -2.30. The molecule has 5 rings (SSSR count). The summed E-state index contributed by atoms with van der Waals surface area (Å²) in [7, 11) is 0. The van der Waals surface area contributed by atoms with Crippen molar-refractivity contribution < 1.29 is 33.0 Å². The van der Waals surface area contributed by atoms with Gasteiger partial charge in [0.15, 0.2) is 6.10 Å². The van der Waals surface area contributed by atoms with Gasteiger partial charge >= 0.3 is 18.0 Å². The highest BCUT2D eigenvalue weighted by Gasteiger charge is 2.31. The first-order valence-corrected chi connectivity index (χ1v) is 17.1. The molecule has 2 amide bonds. The Balaban J connectivity index is 1.33. The fraction of sp³-hybridized carbons (Fsp3) is 0.262. The summed E-state index contributed by atoms with van der Waals surface area (Å²) in [4.78, 5) is 42.7. The summed E-state index contributed by atoms with van der Waals surface area (Å²) >= 11 is 0. The summed E-state index contributed by atoms with van der Waals surface area (Å²) in [5.74, 6) is -1.12. The molecule has 9 heteroatoms. The van der Waals surface area contributed by atoms with Gasteiger partial charge in [-0.15, -0.1) is 0 Å². The average molecular weight is 689 g/mol. The zero-order valence-corrected chi connectivity index (χ0v) is 29.0. The summed E-state index contributed by atoms with van der Waals surface area (Å²) in [6.45, 7) is 4.43. The molecule has 51 heavy (non-hydrogen) atoms. The number of hydrogen-bond acceptors (Lipinski definition) is 7. The number of carbonyl (C=O) groups is 3. The number of furan rings is 1. The monoisotopic (exact) mass is 688 g/mol. The number of nitrogens with one attached hydrogen (secondary N) is 1. The van der Waals surface area contributed by atoms with Crippen molar-refractivity contribution in [2.75, 3.05) is 13.1 Å². The van der Waals surface area contributed by atoms with Gasteiger partial charge in [0.05, 0.1) is 25.7 Å². The molecule has 0 saturated heterocycles. The minimum atomic E-state index is -1.09. The van der Waals surface area contributed by atoms with Crippen molar-refractivity contribution in [3.8, 4) is 11.1 Å². The van der Waals surface area contributed by atoms with Crippen LogP contribution in [0.15, 0.2) is 138 Å². The largest absolute Gasteiger partial charge is 0.472 e. The second kappa shape index (κ2) is 18.9. The molecule has 2 atom stereocenters. The number of esters is 2. The van der Waals surface area contributed by atoms with Gasteiger partial charge in [-0.2, -0.15) is 0 Å². The molecule has 0 spiro atoms. The predicted octanol–water partition coefficient (Wildman–Crippen LogP) is 7.60. The van der Waals surface area contributed by atoms with E-state index in [1.54, 1.807) is 12.5 Å². The number of nitrogens with zero attached hydrogens (tertiary/aromatic N) is 1. The second-order valence-electron chi connectivity index (χ2n) is 12.7. The smallest absolute Gasteiger partial charge is 0.337 e. The van der Waals surface area contributed by atoms with Crippen molar-refractivity contribution in [3.63, 3.8) is 0 Å². The van der Waals surface area contributed by atoms with E-state index in [0.717, 1.165) is 33.4 Å². The Kier molecular flexibility index (Phi) is 13.6. The molecule has 0 aliphatic heterocycles. The molecule has 264 valence electrons. The van der Waals surface area contributed by atoms with Gasteiger partial charge in [0.1, 0.15) is 19.3 Å². The number of ether oxygens (including phenoxy) is 3. The van der Waals surface area contributed by atoms with Crippen LogP contribution in [0, 0.1) is 5.92 Å². The van der Waals surface area contributed by atoms with Gasteiger partial charge in [0, 0.05) is 18.5 Å². The number of carbonyl (C=O) groups excluding carboxylic acids is 3. The SMILES string of the molecule is CC(C)CN(CC(OCc1ccccc1)C(=O)OCc1ccccc1)C(=O)N[C@@H](Cc1ccc(-c2ccoc2)cc1)C(=O)OCc1ccccc1. The van der Waals surface area contributed by atoms with Crippen LogP contribution in [-0.2, 0) is 50.0 Å². The minimum absolute atomic E-state index is 0.0461. The third-order valence-corrected chi connectivity index (χ3v) is 8.09. The maximum atomic E-state index is 14.1. The van der Waals surface area contributed by atoms with Gasteiger partial charge in [0.2, 0.25) is 0 Å². The Bertz CT molecular complexity index is 1780. The molecule has 1 heterocycles. The molecule has 1 N–H and O–H groups in total. The maximum absolute atomic E-state index is 14.1. The standard InChI is InChI=1S/C42H44N2O7/c1-31(2)25-44(26-39(49-27-33-12-6-3-7-13-33)41(46)51-29-35-16-10-5-11-17-35)42(47)43-38(40(45)50-28-34-14-8-4-9-15-34)24-32-18-20-36(21-19-32)37-22-23-48-30-37/h3-23,30-31,38-39H,24-29H2,1-2H3,(H,43,47)/t38-,39?/m0/s1. The third kappa shape index (κ3) is 11.7. The summed E-state index contributed by atoms with van der Waals surface area (Å²) in [5.41, 5.74) is 5.26. The van der Waals surface area contributed by atoms with E-state index >= 15 is 0 Å². The second-order valence-corrected chi connectivity index (χ2v) is 12.7. The van der Waals surface area contributed by atoms with Crippen molar-refractivity contribution in [1.82, 2.24) is 10.2 Å². The molecule has 0 fully saturated rings. The molecule has 9 nitrogen and oxygen atoms in total. The Morgan fingerprint density at radius 2 is 1.18 bits per heavy atom. The van der Waals surface area contributed by atoms with E-state index < -0.39 is 30.1 Å². The fourth-order valence-corrected chi connectivity index (χ4v) is 5.43. The molecule has 5 aromatic rings. The molecule has 0 saturated carbocycles. The Labute approximate surface area is 299 Å². The van der Waals surface area contributed by atoms with Gasteiger partial charge < -0.3 is 28.8 Å².